The molecule has 19 heavy (non-hydrogen) atoms. The van der Waals surface area contributed by atoms with Crippen molar-refractivity contribution in [2.45, 2.75) is 32.7 Å². The molecular formula is C15H19NO3. The number of hydrogen-bond donors (Lipinski definition) is 1. The Labute approximate surface area is 113 Å². The van der Waals surface area contributed by atoms with Gasteiger partial charge in [-0.1, -0.05) is 36.8 Å². The number of amides is 1. The van der Waals surface area contributed by atoms with Crippen LogP contribution in [-0.2, 0) is 16.0 Å². The van der Waals surface area contributed by atoms with E-state index in [0.717, 1.165) is 17.5 Å². The van der Waals surface area contributed by atoms with Gasteiger partial charge >= 0.3 is 5.97 Å². The molecule has 1 aromatic carbocycles. The van der Waals surface area contributed by atoms with Gasteiger partial charge in [-0.05, 0) is 24.8 Å². The molecular weight excluding hydrogens is 242 g/mol. The minimum atomic E-state index is -0.901. The Kier molecular flexibility index (Phi) is 3.88. The molecule has 1 aliphatic heterocycles. The summed E-state index contributed by atoms with van der Waals surface area (Å²) in [5, 5.41) is 9.21. The normalized spacial score (nSPS) is 22.5. The van der Waals surface area contributed by atoms with Gasteiger partial charge in [-0.3, -0.25) is 4.79 Å². The van der Waals surface area contributed by atoms with E-state index in [4.69, 9.17) is 0 Å². The second-order valence-corrected chi connectivity index (χ2v) is 5.30. The number of carbonyl (C=O) groups is 2. The molecule has 2 unspecified atom stereocenters. The van der Waals surface area contributed by atoms with Crippen LogP contribution >= 0.6 is 0 Å². The van der Waals surface area contributed by atoms with Crippen molar-refractivity contribution in [1.82, 2.24) is 4.90 Å². The molecule has 2 rings (SSSR count). The number of benzene rings is 1. The molecule has 4 heteroatoms. The second kappa shape index (κ2) is 5.43. The van der Waals surface area contributed by atoms with E-state index in [9.17, 15) is 14.7 Å². The summed E-state index contributed by atoms with van der Waals surface area (Å²) >= 11 is 0. The smallest absolute Gasteiger partial charge is 0.326 e. The summed E-state index contributed by atoms with van der Waals surface area (Å²) in [6.45, 7) is 4.43. The molecule has 1 fully saturated rings. The van der Waals surface area contributed by atoms with Gasteiger partial charge in [0.15, 0.2) is 0 Å². The van der Waals surface area contributed by atoms with E-state index in [0.29, 0.717) is 6.54 Å². The Hall–Kier alpha value is -1.84. The lowest BCUT2D eigenvalue weighted by Crippen LogP contribution is -2.43. The van der Waals surface area contributed by atoms with E-state index in [1.54, 1.807) is 0 Å². The van der Waals surface area contributed by atoms with Crippen molar-refractivity contribution in [2.75, 3.05) is 6.54 Å². The van der Waals surface area contributed by atoms with Crippen molar-refractivity contribution in [1.29, 1.82) is 0 Å². The first-order chi connectivity index (χ1) is 8.99. The van der Waals surface area contributed by atoms with Gasteiger partial charge in [0, 0.05) is 6.54 Å². The number of rotatable bonds is 3. The first-order valence-corrected chi connectivity index (χ1v) is 6.57. The quantitative estimate of drug-likeness (QED) is 0.903. The van der Waals surface area contributed by atoms with Crippen LogP contribution in [0.5, 0.6) is 0 Å². The predicted octanol–water partition coefficient (Wildman–Crippen LogP) is 1.86. The minimum absolute atomic E-state index is 0.0273. The summed E-state index contributed by atoms with van der Waals surface area (Å²) in [7, 11) is 0. The molecule has 1 saturated heterocycles. The van der Waals surface area contributed by atoms with Gasteiger partial charge in [0.05, 0.1) is 6.42 Å². The number of nitrogens with zero attached hydrogens (tertiary/aromatic N) is 1. The highest BCUT2D eigenvalue weighted by Crippen LogP contribution is 2.25. The average molecular weight is 261 g/mol. The molecule has 0 bridgehead atoms. The van der Waals surface area contributed by atoms with Gasteiger partial charge in [0.2, 0.25) is 5.91 Å². The number of hydrogen-bond acceptors (Lipinski definition) is 2. The molecule has 102 valence electrons. The molecule has 0 spiro atoms. The van der Waals surface area contributed by atoms with Crippen LogP contribution < -0.4 is 0 Å². The van der Waals surface area contributed by atoms with E-state index >= 15 is 0 Å². The highest BCUT2D eigenvalue weighted by atomic mass is 16.4. The fraction of sp³-hybridized carbons (Fsp3) is 0.467. The van der Waals surface area contributed by atoms with Crippen LogP contribution in [0.3, 0.4) is 0 Å². The van der Waals surface area contributed by atoms with Gasteiger partial charge in [-0.2, -0.15) is 0 Å². The Bertz CT molecular complexity index is 481. The third-order valence-corrected chi connectivity index (χ3v) is 3.75. The van der Waals surface area contributed by atoms with Gasteiger partial charge in [0.1, 0.15) is 6.04 Å². The number of carbonyl (C=O) groups excluding carboxylic acids is 1. The SMILES string of the molecule is Cc1ccc(CC(=O)N2CCC(C)C2C(=O)O)cc1. The summed E-state index contributed by atoms with van der Waals surface area (Å²) in [5.41, 5.74) is 2.08. The largest absolute Gasteiger partial charge is 0.480 e. The van der Waals surface area contributed by atoms with Crippen LogP contribution in [0.15, 0.2) is 24.3 Å². The first-order valence-electron chi connectivity index (χ1n) is 6.57. The molecule has 1 aliphatic rings. The molecule has 1 heterocycles. The number of aryl methyl sites for hydroxylation is 1. The van der Waals surface area contributed by atoms with Crippen molar-refractivity contribution >= 4 is 11.9 Å². The lowest BCUT2D eigenvalue weighted by atomic mass is 10.0. The fourth-order valence-corrected chi connectivity index (χ4v) is 2.59. The topological polar surface area (TPSA) is 57.6 Å². The molecule has 0 aromatic heterocycles. The zero-order valence-electron chi connectivity index (χ0n) is 11.3. The summed E-state index contributed by atoms with van der Waals surface area (Å²) in [6.07, 6.45) is 1.04. The molecule has 1 aromatic rings. The van der Waals surface area contributed by atoms with Crippen LogP contribution in [0, 0.1) is 12.8 Å². The van der Waals surface area contributed by atoms with Gasteiger partial charge in [-0.25, -0.2) is 4.79 Å². The van der Waals surface area contributed by atoms with Crippen molar-refractivity contribution in [3.05, 3.63) is 35.4 Å². The molecule has 0 radical (unpaired) electrons. The van der Waals surface area contributed by atoms with Crippen LogP contribution in [0.25, 0.3) is 0 Å². The third kappa shape index (κ3) is 2.95. The monoisotopic (exact) mass is 261 g/mol. The van der Waals surface area contributed by atoms with Crippen LogP contribution in [-0.4, -0.2) is 34.5 Å². The number of aliphatic carboxylic acids is 1. The van der Waals surface area contributed by atoms with E-state index in [1.165, 1.54) is 4.90 Å². The minimum Gasteiger partial charge on any atom is -0.480 e. The Balaban J connectivity index is 2.07. The van der Waals surface area contributed by atoms with Gasteiger partial charge in [0.25, 0.3) is 0 Å². The van der Waals surface area contributed by atoms with Crippen molar-refractivity contribution in [3.63, 3.8) is 0 Å². The zero-order valence-corrected chi connectivity index (χ0v) is 11.3. The maximum Gasteiger partial charge on any atom is 0.326 e. The molecule has 2 atom stereocenters. The number of carboxylic acid groups (broad SMARTS) is 1. The predicted molar refractivity (Wildman–Crippen MR) is 71.8 cm³/mol. The zero-order chi connectivity index (χ0) is 14.0. The molecule has 4 nitrogen and oxygen atoms in total. The highest BCUT2D eigenvalue weighted by Gasteiger charge is 2.39. The fourth-order valence-electron chi connectivity index (χ4n) is 2.59. The third-order valence-electron chi connectivity index (χ3n) is 3.75. The van der Waals surface area contributed by atoms with Crippen molar-refractivity contribution < 1.29 is 14.7 Å². The van der Waals surface area contributed by atoms with E-state index < -0.39 is 12.0 Å². The average Bonchev–Trinajstić information content (AvgIpc) is 2.74. The lowest BCUT2D eigenvalue weighted by molar-refractivity contribution is -0.149. The number of carboxylic acids is 1. The lowest BCUT2D eigenvalue weighted by Gasteiger charge is -2.23. The summed E-state index contributed by atoms with van der Waals surface area (Å²) in [5.74, 6) is -0.970. The standard InChI is InChI=1S/C15H19NO3/c1-10-3-5-12(6-4-10)9-13(17)16-8-7-11(2)14(16)15(18)19/h3-6,11,14H,7-9H2,1-2H3,(H,18,19). The molecule has 0 aliphatic carbocycles. The van der Waals surface area contributed by atoms with Crippen molar-refractivity contribution in [3.8, 4) is 0 Å². The molecule has 1 amide bonds. The van der Waals surface area contributed by atoms with Crippen molar-refractivity contribution in [2.24, 2.45) is 5.92 Å². The van der Waals surface area contributed by atoms with Gasteiger partial charge in [-0.15, -0.1) is 0 Å². The second-order valence-electron chi connectivity index (χ2n) is 5.30. The highest BCUT2D eigenvalue weighted by molar-refractivity contribution is 5.85. The van der Waals surface area contributed by atoms with E-state index in [2.05, 4.69) is 0 Å². The van der Waals surface area contributed by atoms with E-state index in [1.807, 2.05) is 38.1 Å². The summed E-state index contributed by atoms with van der Waals surface area (Å²) < 4.78 is 0. The first kappa shape index (κ1) is 13.6. The van der Waals surface area contributed by atoms with Crippen LogP contribution in [0.1, 0.15) is 24.5 Å². The Morgan fingerprint density at radius 3 is 2.53 bits per heavy atom. The Morgan fingerprint density at radius 2 is 1.95 bits per heavy atom. The maximum absolute atomic E-state index is 12.2. The summed E-state index contributed by atoms with van der Waals surface area (Å²) in [6, 6.07) is 7.09. The van der Waals surface area contributed by atoms with E-state index in [-0.39, 0.29) is 18.2 Å². The molecule has 0 saturated carbocycles. The van der Waals surface area contributed by atoms with Crippen LogP contribution in [0.2, 0.25) is 0 Å². The van der Waals surface area contributed by atoms with Crippen LogP contribution in [0.4, 0.5) is 0 Å². The Morgan fingerprint density at radius 1 is 1.32 bits per heavy atom. The summed E-state index contributed by atoms with van der Waals surface area (Å²) in [4.78, 5) is 25.0. The molecule has 1 N–H and O–H groups in total. The van der Waals surface area contributed by atoms with Gasteiger partial charge < -0.3 is 10.0 Å². The number of likely N-dealkylation sites (tertiary alicyclic amines) is 1. The maximum atomic E-state index is 12.2.